The van der Waals surface area contributed by atoms with Crippen molar-refractivity contribution in [3.8, 4) is 5.75 Å². The highest BCUT2D eigenvalue weighted by atomic mass is 35.5. The van der Waals surface area contributed by atoms with Crippen LogP contribution in [0, 0.1) is 6.92 Å². The maximum absolute atomic E-state index is 8.67. The van der Waals surface area contributed by atoms with Crippen molar-refractivity contribution in [2.75, 3.05) is 0 Å². The molecule has 0 saturated heterocycles. The van der Waals surface area contributed by atoms with Gasteiger partial charge in [0, 0.05) is 5.56 Å². The fraction of sp³-hybridized carbons (Fsp3) is 0.133. The third-order valence-electron chi connectivity index (χ3n) is 3.05. The van der Waals surface area contributed by atoms with Crippen LogP contribution in [0.4, 0.5) is 0 Å². The van der Waals surface area contributed by atoms with Gasteiger partial charge in [0.2, 0.25) is 0 Å². The molecule has 4 nitrogen and oxygen atoms in total. The largest absolute Gasteiger partial charge is 0.487 e. The van der Waals surface area contributed by atoms with Gasteiger partial charge >= 0.3 is 0 Å². The van der Waals surface area contributed by atoms with E-state index in [-0.39, 0.29) is 5.84 Å². The molecule has 0 aliphatic heterocycles. The van der Waals surface area contributed by atoms with Gasteiger partial charge in [-0.05, 0) is 36.2 Å². The van der Waals surface area contributed by atoms with Crippen molar-refractivity contribution in [2.45, 2.75) is 13.5 Å². The Morgan fingerprint density at radius 2 is 2.05 bits per heavy atom. The van der Waals surface area contributed by atoms with Crippen LogP contribution in [0.2, 0.25) is 10.0 Å². The number of amidine groups is 1. The summed E-state index contributed by atoms with van der Waals surface area (Å²) in [6.45, 7) is 2.27. The Kier molecular flexibility index (Phi) is 4.94. The van der Waals surface area contributed by atoms with Crippen molar-refractivity contribution in [1.29, 1.82) is 0 Å². The molecule has 0 heterocycles. The molecule has 0 unspecified atom stereocenters. The average Bonchev–Trinajstić information content (AvgIpc) is 2.49. The van der Waals surface area contributed by atoms with Crippen molar-refractivity contribution < 1.29 is 9.94 Å². The summed E-state index contributed by atoms with van der Waals surface area (Å²) in [6.07, 6.45) is 0. The minimum atomic E-state index is 0.0726. The van der Waals surface area contributed by atoms with Gasteiger partial charge in [0.25, 0.3) is 0 Å². The van der Waals surface area contributed by atoms with E-state index in [1.54, 1.807) is 24.3 Å². The molecule has 2 rings (SSSR count). The standard InChI is InChI=1S/C15H14Cl2N2O2/c1-9-7-10(15(18)19-20)5-6-11(9)8-21-13-4-2-3-12(16)14(13)17/h2-7,20H,8H2,1H3,(H2,18,19). The van der Waals surface area contributed by atoms with Crippen LogP contribution in [-0.2, 0) is 6.61 Å². The first-order valence-electron chi connectivity index (χ1n) is 6.17. The first-order chi connectivity index (χ1) is 10.0. The Morgan fingerprint density at radius 3 is 2.71 bits per heavy atom. The van der Waals surface area contributed by atoms with Crippen LogP contribution >= 0.6 is 23.2 Å². The molecule has 0 fully saturated rings. The van der Waals surface area contributed by atoms with Crippen LogP contribution in [0.15, 0.2) is 41.6 Å². The first-order valence-corrected chi connectivity index (χ1v) is 6.92. The second kappa shape index (κ2) is 6.70. The number of halogens is 2. The SMILES string of the molecule is Cc1cc(/C(N)=N/O)ccc1COc1cccc(Cl)c1Cl. The van der Waals surface area contributed by atoms with Crippen molar-refractivity contribution in [1.82, 2.24) is 0 Å². The number of nitrogens with zero attached hydrogens (tertiary/aromatic N) is 1. The van der Waals surface area contributed by atoms with E-state index >= 15 is 0 Å². The van der Waals surface area contributed by atoms with Crippen LogP contribution in [0.5, 0.6) is 5.75 Å². The summed E-state index contributed by atoms with van der Waals surface area (Å²) in [6, 6.07) is 10.7. The number of oxime groups is 1. The highest BCUT2D eigenvalue weighted by Gasteiger charge is 2.08. The molecule has 0 aromatic heterocycles. The Hall–Kier alpha value is -1.91. The van der Waals surface area contributed by atoms with E-state index in [1.807, 2.05) is 19.1 Å². The molecule has 21 heavy (non-hydrogen) atoms. The third-order valence-corrected chi connectivity index (χ3v) is 3.85. The molecule has 0 bridgehead atoms. The van der Waals surface area contributed by atoms with Gasteiger partial charge in [0.1, 0.15) is 17.4 Å². The molecule has 0 radical (unpaired) electrons. The molecule has 0 spiro atoms. The van der Waals surface area contributed by atoms with Crippen LogP contribution in [0.1, 0.15) is 16.7 Å². The van der Waals surface area contributed by atoms with Crippen LogP contribution in [-0.4, -0.2) is 11.0 Å². The molecule has 0 atom stereocenters. The lowest BCUT2D eigenvalue weighted by atomic mass is 10.1. The summed E-state index contributed by atoms with van der Waals surface area (Å²) < 4.78 is 5.68. The second-order valence-electron chi connectivity index (χ2n) is 4.47. The van der Waals surface area contributed by atoms with Gasteiger partial charge < -0.3 is 15.7 Å². The molecule has 6 heteroatoms. The summed E-state index contributed by atoms with van der Waals surface area (Å²) >= 11 is 12.0. The lowest BCUT2D eigenvalue weighted by Gasteiger charge is -2.11. The Balaban J connectivity index is 2.15. The van der Waals surface area contributed by atoms with Crippen molar-refractivity contribution in [3.63, 3.8) is 0 Å². The fourth-order valence-electron chi connectivity index (χ4n) is 1.83. The van der Waals surface area contributed by atoms with E-state index in [2.05, 4.69) is 5.16 Å². The molecule has 110 valence electrons. The topological polar surface area (TPSA) is 67.8 Å². The van der Waals surface area contributed by atoms with Crippen molar-refractivity contribution in [2.24, 2.45) is 10.9 Å². The van der Waals surface area contributed by atoms with Crippen molar-refractivity contribution in [3.05, 3.63) is 63.1 Å². The lowest BCUT2D eigenvalue weighted by Crippen LogP contribution is -2.13. The molecule has 0 saturated carbocycles. The normalized spacial score (nSPS) is 11.5. The monoisotopic (exact) mass is 324 g/mol. The molecule has 0 aliphatic rings. The Labute approximate surface area is 132 Å². The van der Waals surface area contributed by atoms with Gasteiger partial charge in [-0.25, -0.2) is 0 Å². The smallest absolute Gasteiger partial charge is 0.170 e. The van der Waals surface area contributed by atoms with Crippen molar-refractivity contribution >= 4 is 29.0 Å². The predicted molar refractivity (Wildman–Crippen MR) is 84.5 cm³/mol. The number of rotatable bonds is 4. The summed E-state index contributed by atoms with van der Waals surface area (Å²) in [5.74, 6) is 0.604. The van der Waals surface area contributed by atoms with Gasteiger partial charge in [-0.15, -0.1) is 0 Å². The minimum Gasteiger partial charge on any atom is -0.487 e. The molecular formula is C15H14Cl2N2O2. The number of nitrogens with two attached hydrogens (primary N) is 1. The van der Waals surface area contributed by atoms with Crippen LogP contribution in [0.25, 0.3) is 0 Å². The minimum absolute atomic E-state index is 0.0726. The van der Waals surface area contributed by atoms with E-state index < -0.39 is 0 Å². The zero-order valence-electron chi connectivity index (χ0n) is 11.3. The van der Waals surface area contributed by atoms with Gasteiger partial charge in [0.05, 0.1) is 5.02 Å². The number of benzene rings is 2. The molecule has 3 N–H and O–H groups in total. The molecular weight excluding hydrogens is 311 g/mol. The van der Waals surface area contributed by atoms with E-state index in [0.717, 1.165) is 11.1 Å². The number of aryl methyl sites for hydroxylation is 1. The van der Waals surface area contributed by atoms with Gasteiger partial charge in [-0.1, -0.05) is 46.6 Å². The number of hydrogen-bond acceptors (Lipinski definition) is 3. The van der Waals surface area contributed by atoms with Crippen LogP contribution in [0.3, 0.4) is 0 Å². The zero-order chi connectivity index (χ0) is 15.4. The summed E-state index contributed by atoms with van der Waals surface area (Å²) in [7, 11) is 0. The van der Waals surface area contributed by atoms with Gasteiger partial charge in [-0.3, -0.25) is 0 Å². The van der Waals surface area contributed by atoms with Gasteiger partial charge in [-0.2, -0.15) is 0 Å². The fourth-order valence-corrected chi connectivity index (χ4v) is 2.17. The molecule has 0 amide bonds. The van der Waals surface area contributed by atoms with Crippen LogP contribution < -0.4 is 10.5 Å². The van der Waals surface area contributed by atoms with E-state index in [4.69, 9.17) is 38.9 Å². The van der Waals surface area contributed by atoms with E-state index in [1.165, 1.54) is 0 Å². The summed E-state index contributed by atoms with van der Waals surface area (Å²) in [4.78, 5) is 0. The maximum atomic E-state index is 8.67. The molecule has 2 aromatic carbocycles. The molecule has 0 aliphatic carbocycles. The number of ether oxygens (including phenoxy) is 1. The van der Waals surface area contributed by atoms with E-state index in [9.17, 15) is 0 Å². The molecule has 2 aromatic rings. The number of hydrogen-bond donors (Lipinski definition) is 2. The zero-order valence-corrected chi connectivity index (χ0v) is 12.8. The lowest BCUT2D eigenvalue weighted by molar-refractivity contribution is 0.305. The quantitative estimate of drug-likeness (QED) is 0.387. The summed E-state index contributed by atoms with van der Waals surface area (Å²) in [5.41, 5.74) is 8.15. The third kappa shape index (κ3) is 3.60. The average molecular weight is 325 g/mol. The predicted octanol–water partition coefficient (Wildman–Crippen LogP) is 3.98. The maximum Gasteiger partial charge on any atom is 0.170 e. The second-order valence-corrected chi connectivity index (χ2v) is 5.25. The highest BCUT2D eigenvalue weighted by Crippen LogP contribution is 2.32. The Morgan fingerprint density at radius 1 is 1.29 bits per heavy atom. The van der Waals surface area contributed by atoms with Gasteiger partial charge in [0.15, 0.2) is 5.84 Å². The first kappa shape index (κ1) is 15.5. The highest BCUT2D eigenvalue weighted by molar-refractivity contribution is 6.42. The summed E-state index contributed by atoms with van der Waals surface area (Å²) in [5, 5.41) is 12.5. The Bertz CT molecular complexity index is 687. The van der Waals surface area contributed by atoms with E-state index in [0.29, 0.717) is 28.0 Å².